The summed E-state index contributed by atoms with van der Waals surface area (Å²) in [6, 6.07) is 14.6. The van der Waals surface area contributed by atoms with E-state index in [0.29, 0.717) is 36.2 Å². The molecule has 9 heteroatoms. The highest BCUT2D eigenvalue weighted by Gasteiger charge is 2.48. The number of Topliss-reactive ketones (excluding diaryl/α,β-unsaturated/α-hetero) is 1. The zero-order chi connectivity index (χ0) is 27.7. The standard InChI is InChI=1S/C27H30Cl2N2O5.C2H6/c1-2-35-25(23(24(32)19-8-9-19)27(34)36-17-18-6-4-3-5-7-18)26(33)31-12-10-30(11-13-31)22-15-20(28)14-21(29)16-22;1-2/h3-7,14-16,19,23,25H,2,8-13,17H2,1H3;1-2H3. The van der Waals surface area contributed by atoms with Gasteiger partial charge in [-0.3, -0.25) is 14.4 Å². The van der Waals surface area contributed by atoms with E-state index in [9.17, 15) is 14.4 Å². The minimum atomic E-state index is -1.28. The van der Waals surface area contributed by atoms with Crippen LogP contribution >= 0.6 is 23.2 Å². The first kappa shape index (κ1) is 29.9. The number of halogens is 2. The first-order valence-corrected chi connectivity index (χ1v) is 14.0. The molecular formula is C29H36Cl2N2O5. The molecule has 1 amide bonds. The van der Waals surface area contributed by atoms with Gasteiger partial charge in [0.2, 0.25) is 0 Å². The van der Waals surface area contributed by atoms with Crippen LogP contribution in [-0.2, 0) is 30.5 Å². The van der Waals surface area contributed by atoms with E-state index in [1.165, 1.54) is 0 Å². The minimum Gasteiger partial charge on any atom is -0.460 e. The average molecular weight is 564 g/mol. The van der Waals surface area contributed by atoms with Gasteiger partial charge in [-0.05, 0) is 43.5 Å². The third kappa shape index (κ3) is 7.95. The Morgan fingerprint density at radius 2 is 1.55 bits per heavy atom. The predicted octanol–water partition coefficient (Wildman–Crippen LogP) is 5.41. The predicted molar refractivity (Wildman–Crippen MR) is 149 cm³/mol. The lowest BCUT2D eigenvalue weighted by Crippen LogP contribution is -2.55. The van der Waals surface area contributed by atoms with Gasteiger partial charge in [-0.25, -0.2) is 0 Å². The van der Waals surface area contributed by atoms with Gasteiger partial charge in [0, 0.05) is 54.4 Å². The number of amides is 1. The van der Waals surface area contributed by atoms with Crippen LogP contribution in [0.2, 0.25) is 10.0 Å². The number of nitrogens with zero attached hydrogens (tertiary/aromatic N) is 2. The molecule has 1 saturated carbocycles. The number of hydrogen-bond acceptors (Lipinski definition) is 6. The summed E-state index contributed by atoms with van der Waals surface area (Å²) in [7, 11) is 0. The lowest BCUT2D eigenvalue weighted by molar-refractivity contribution is -0.168. The normalized spacial score (nSPS) is 16.7. The molecule has 0 spiro atoms. The Morgan fingerprint density at radius 1 is 0.947 bits per heavy atom. The Bertz CT molecular complexity index is 1070. The monoisotopic (exact) mass is 562 g/mol. The van der Waals surface area contributed by atoms with Gasteiger partial charge in [-0.15, -0.1) is 0 Å². The highest BCUT2D eigenvalue weighted by atomic mass is 35.5. The number of anilines is 1. The van der Waals surface area contributed by atoms with E-state index in [2.05, 4.69) is 4.90 Å². The highest BCUT2D eigenvalue weighted by molar-refractivity contribution is 6.35. The molecule has 2 aliphatic rings. The van der Waals surface area contributed by atoms with Crippen molar-refractivity contribution in [3.05, 3.63) is 64.1 Å². The maximum Gasteiger partial charge on any atom is 0.320 e. The van der Waals surface area contributed by atoms with Gasteiger partial charge < -0.3 is 19.3 Å². The Hall–Kier alpha value is -2.61. The number of piperazine rings is 1. The summed E-state index contributed by atoms with van der Waals surface area (Å²) in [6.45, 7) is 7.91. The van der Waals surface area contributed by atoms with Crippen molar-refractivity contribution < 1.29 is 23.9 Å². The molecule has 0 radical (unpaired) electrons. The van der Waals surface area contributed by atoms with Gasteiger partial charge in [0.15, 0.2) is 17.8 Å². The van der Waals surface area contributed by atoms with Gasteiger partial charge >= 0.3 is 5.97 Å². The SMILES string of the molecule is CC.CCOC(C(=O)N1CCN(c2cc(Cl)cc(Cl)c2)CC1)C(C(=O)OCc1ccccc1)C(=O)C1CC1. The maximum absolute atomic E-state index is 13.6. The molecule has 206 valence electrons. The van der Waals surface area contributed by atoms with E-state index in [1.807, 2.05) is 56.3 Å². The van der Waals surface area contributed by atoms with E-state index in [1.54, 1.807) is 17.9 Å². The summed E-state index contributed by atoms with van der Waals surface area (Å²) in [5.74, 6) is -2.85. The van der Waals surface area contributed by atoms with Gasteiger partial charge in [-0.1, -0.05) is 67.4 Å². The zero-order valence-electron chi connectivity index (χ0n) is 22.2. The molecule has 0 aromatic heterocycles. The number of benzene rings is 2. The molecular weight excluding hydrogens is 527 g/mol. The van der Waals surface area contributed by atoms with Crippen molar-refractivity contribution in [1.29, 1.82) is 0 Å². The fraction of sp³-hybridized carbons (Fsp3) is 0.483. The van der Waals surface area contributed by atoms with E-state index >= 15 is 0 Å². The summed E-state index contributed by atoms with van der Waals surface area (Å²) in [5.41, 5.74) is 1.69. The Labute approximate surface area is 235 Å². The second-order valence-corrected chi connectivity index (χ2v) is 9.94. The molecule has 1 aliphatic heterocycles. The van der Waals surface area contributed by atoms with Crippen LogP contribution in [0.15, 0.2) is 48.5 Å². The number of hydrogen-bond donors (Lipinski definition) is 0. The fourth-order valence-corrected chi connectivity index (χ4v) is 4.92. The van der Waals surface area contributed by atoms with E-state index < -0.39 is 18.0 Å². The smallest absolute Gasteiger partial charge is 0.320 e. The van der Waals surface area contributed by atoms with E-state index in [-0.39, 0.29) is 30.8 Å². The van der Waals surface area contributed by atoms with Gasteiger partial charge in [0.1, 0.15) is 6.61 Å². The molecule has 0 bridgehead atoms. The van der Waals surface area contributed by atoms with Crippen molar-refractivity contribution >= 4 is 46.5 Å². The molecule has 1 saturated heterocycles. The van der Waals surface area contributed by atoms with Crippen molar-refractivity contribution in [3.8, 4) is 0 Å². The zero-order valence-corrected chi connectivity index (χ0v) is 23.7. The van der Waals surface area contributed by atoms with Crippen molar-refractivity contribution in [2.75, 3.05) is 37.7 Å². The second kappa shape index (κ2) is 14.5. The van der Waals surface area contributed by atoms with Crippen LogP contribution in [-0.4, -0.2) is 61.4 Å². The number of carbonyl (C=O) groups is 3. The molecule has 1 aliphatic carbocycles. The van der Waals surface area contributed by atoms with Crippen LogP contribution in [0.1, 0.15) is 39.2 Å². The molecule has 1 heterocycles. The van der Waals surface area contributed by atoms with Crippen molar-refractivity contribution in [2.45, 2.75) is 46.3 Å². The van der Waals surface area contributed by atoms with Gasteiger partial charge in [-0.2, -0.15) is 0 Å². The lowest BCUT2D eigenvalue weighted by atomic mass is 9.92. The number of carbonyl (C=O) groups excluding carboxylic acids is 3. The summed E-state index contributed by atoms with van der Waals surface area (Å²) in [5, 5.41) is 1.09. The molecule has 7 nitrogen and oxygen atoms in total. The van der Waals surface area contributed by atoms with Crippen LogP contribution < -0.4 is 4.90 Å². The topological polar surface area (TPSA) is 76.2 Å². The minimum absolute atomic E-state index is 0.0298. The molecule has 0 N–H and O–H groups in total. The Balaban J connectivity index is 0.00000195. The van der Waals surface area contributed by atoms with Crippen LogP contribution in [0, 0.1) is 11.8 Å². The summed E-state index contributed by atoms with van der Waals surface area (Å²) in [6.07, 6.45) is 0.225. The quantitative estimate of drug-likeness (QED) is 0.284. The molecule has 4 rings (SSSR count). The number of esters is 1. The largest absolute Gasteiger partial charge is 0.460 e. The van der Waals surface area contributed by atoms with E-state index in [0.717, 1.165) is 24.1 Å². The first-order valence-electron chi connectivity index (χ1n) is 13.2. The Morgan fingerprint density at radius 3 is 2.11 bits per heavy atom. The van der Waals surface area contributed by atoms with Gasteiger partial charge in [0.05, 0.1) is 0 Å². The van der Waals surface area contributed by atoms with Crippen LogP contribution in [0.5, 0.6) is 0 Å². The van der Waals surface area contributed by atoms with Crippen LogP contribution in [0.3, 0.4) is 0 Å². The molecule has 2 atom stereocenters. The summed E-state index contributed by atoms with van der Waals surface area (Å²) >= 11 is 12.3. The third-order valence-corrected chi connectivity index (χ3v) is 6.90. The molecule has 2 unspecified atom stereocenters. The Kier molecular flexibility index (Phi) is 11.4. The van der Waals surface area contributed by atoms with Crippen molar-refractivity contribution in [2.24, 2.45) is 11.8 Å². The number of ether oxygens (including phenoxy) is 2. The average Bonchev–Trinajstić information content (AvgIpc) is 3.78. The third-order valence-electron chi connectivity index (χ3n) is 6.46. The van der Waals surface area contributed by atoms with Crippen molar-refractivity contribution in [1.82, 2.24) is 4.90 Å². The molecule has 2 aromatic rings. The molecule has 2 fully saturated rings. The summed E-state index contributed by atoms with van der Waals surface area (Å²) in [4.78, 5) is 43.7. The maximum atomic E-state index is 13.6. The lowest BCUT2D eigenvalue weighted by Gasteiger charge is -2.38. The van der Waals surface area contributed by atoms with Gasteiger partial charge in [0.25, 0.3) is 5.91 Å². The molecule has 2 aromatic carbocycles. The number of rotatable bonds is 10. The van der Waals surface area contributed by atoms with Crippen LogP contribution in [0.25, 0.3) is 0 Å². The molecule has 38 heavy (non-hydrogen) atoms. The highest BCUT2D eigenvalue weighted by Crippen LogP contribution is 2.35. The van der Waals surface area contributed by atoms with Crippen molar-refractivity contribution in [3.63, 3.8) is 0 Å². The van der Waals surface area contributed by atoms with Crippen LogP contribution in [0.4, 0.5) is 5.69 Å². The van der Waals surface area contributed by atoms with E-state index in [4.69, 9.17) is 32.7 Å². The summed E-state index contributed by atoms with van der Waals surface area (Å²) < 4.78 is 11.3. The number of ketones is 1. The first-order chi connectivity index (χ1) is 18.4. The fourth-order valence-electron chi connectivity index (χ4n) is 4.41. The second-order valence-electron chi connectivity index (χ2n) is 9.06.